The predicted octanol–water partition coefficient (Wildman–Crippen LogP) is 4.52. The minimum Gasteiger partial charge on any atom is -0.508 e. The van der Waals surface area contributed by atoms with Crippen LogP contribution in [0.5, 0.6) is 11.5 Å². The van der Waals surface area contributed by atoms with Crippen molar-refractivity contribution in [1.29, 1.82) is 0 Å². The van der Waals surface area contributed by atoms with Crippen LogP contribution >= 0.6 is 0 Å². The van der Waals surface area contributed by atoms with Crippen LogP contribution in [0.25, 0.3) is 11.6 Å². The molecule has 2 N–H and O–H groups in total. The molecule has 0 radical (unpaired) electrons. The Morgan fingerprint density at radius 2 is 1.21 bits per heavy atom. The van der Waals surface area contributed by atoms with Gasteiger partial charge in [0.2, 0.25) is 0 Å². The third-order valence-corrected chi connectivity index (χ3v) is 3.66. The maximum absolute atomic E-state index is 12.9. The fourth-order valence-corrected chi connectivity index (χ4v) is 2.40. The maximum atomic E-state index is 12.9. The molecule has 3 heteroatoms. The van der Waals surface area contributed by atoms with Crippen molar-refractivity contribution in [2.45, 2.75) is 0 Å². The largest absolute Gasteiger partial charge is 0.508 e. The van der Waals surface area contributed by atoms with Crippen LogP contribution in [-0.4, -0.2) is 16.0 Å². The lowest BCUT2D eigenvalue weighted by Crippen LogP contribution is -2.02. The number of phenols is 2. The van der Waals surface area contributed by atoms with Crippen molar-refractivity contribution in [2.75, 3.05) is 0 Å². The van der Waals surface area contributed by atoms with Crippen molar-refractivity contribution in [3.05, 3.63) is 95.6 Å². The molecule has 0 spiro atoms. The summed E-state index contributed by atoms with van der Waals surface area (Å²) in [6.07, 6.45) is 1.80. The van der Waals surface area contributed by atoms with E-state index in [0.717, 1.165) is 11.1 Å². The molecule has 3 aromatic rings. The Hall–Kier alpha value is -3.33. The lowest BCUT2D eigenvalue weighted by Gasteiger charge is -2.08. The van der Waals surface area contributed by atoms with Crippen LogP contribution in [-0.2, 0) is 0 Å². The van der Waals surface area contributed by atoms with Gasteiger partial charge in [0.15, 0.2) is 5.78 Å². The second-order valence-corrected chi connectivity index (χ2v) is 5.39. The number of phenolic OH excluding ortho intramolecular Hbond substituents is 2. The fraction of sp³-hybridized carbons (Fsp3) is 0. The van der Waals surface area contributed by atoms with Gasteiger partial charge in [-0.1, -0.05) is 42.5 Å². The first-order chi connectivity index (χ1) is 11.6. The minimum absolute atomic E-state index is 0.121. The number of benzene rings is 3. The number of hydrogen-bond acceptors (Lipinski definition) is 3. The van der Waals surface area contributed by atoms with Crippen molar-refractivity contribution in [2.24, 2.45) is 0 Å². The standard InChI is InChI=1S/C21H16O3/c22-18-10-6-15(7-11-18)14-20(16-4-2-1-3-5-16)21(24)17-8-12-19(23)13-9-17/h1-14,22-23H/b20-14+. The Morgan fingerprint density at radius 3 is 1.79 bits per heavy atom. The van der Waals surface area contributed by atoms with Gasteiger partial charge in [-0.3, -0.25) is 4.79 Å². The summed E-state index contributed by atoms with van der Waals surface area (Å²) in [7, 11) is 0. The Bertz CT molecular complexity index is 861. The Morgan fingerprint density at radius 1 is 0.667 bits per heavy atom. The third kappa shape index (κ3) is 3.52. The first kappa shape index (κ1) is 15.6. The molecule has 118 valence electrons. The molecule has 0 fully saturated rings. The summed E-state index contributed by atoms with van der Waals surface area (Å²) in [5.74, 6) is 0.169. The predicted molar refractivity (Wildman–Crippen MR) is 94.9 cm³/mol. The number of hydrogen-bond donors (Lipinski definition) is 2. The van der Waals surface area contributed by atoms with Crippen LogP contribution in [0, 0.1) is 0 Å². The van der Waals surface area contributed by atoms with Crippen LogP contribution in [0.1, 0.15) is 21.5 Å². The van der Waals surface area contributed by atoms with Crippen LogP contribution in [0.3, 0.4) is 0 Å². The lowest BCUT2D eigenvalue weighted by molar-refractivity contribution is 0.105. The van der Waals surface area contributed by atoms with Crippen LogP contribution in [0.4, 0.5) is 0 Å². The molecule has 24 heavy (non-hydrogen) atoms. The van der Waals surface area contributed by atoms with Crippen LogP contribution < -0.4 is 0 Å². The van der Waals surface area contributed by atoms with Crippen LogP contribution in [0.15, 0.2) is 78.9 Å². The molecule has 0 amide bonds. The van der Waals surface area contributed by atoms with Gasteiger partial charge < -0.3 is 10.2 Å². The average molecular weight is 316 g/mol. The Balaban J connectivity index is 2.06. The van der Waals surface area contributed by atoms with Gasteiger partial charge in [0.25, 0.3) is 0 Å². The minimum atomic E-state index is -0.130. The second-order valence-electron chi connectivity index (χ2n) is 5.39. The summed E-state index contributed by atoms with van der Waals surface area (Å²) in [6, 6.07) is 22.3. The zero-order chi connectivity index (χ0) is 16.9. The molecule has 0 bridgehead atoms. The molecule has 0 heterocycles. The molecule has 0 aromatic heterocycles. The van der Waals surface area contributed by atoms with E-state index in [2.05, 4.69) is 0 Å². The number of ketones is 1. The highest BCUT2D eigenvalue weighted by molar-refractivity contribution is 6.32. The van der Waals surface area contributed by atoms with Gasteiger partial charge in [0.1, 0.15) is 11.5 Å². The van der Waals surface area contributed by atoms with Gasteiger partial charge >= 0.3 is 0 Å². The lowest BCUT2D eigenvalue weighted by atomic mass is 9.94. The number of rotatable bonds is 4. The highest BCUT2D eigenvalue weighted by atomic mass is 16.3. The van der Waals surface area contributed by atoms with Gasteiger partial charge in [0.05, 0.1) is 0 Å². The van der Waals surface area contributed by atoms with Gasteiger partial charge in [0, 0.05) is 11.1 Å². The molecule has 0 aliphatic heterocycles. The monoisotopic (exact) mass is 316 g/mol. The topological polar surface area (TPSA) is 57.5 Å². The fourth-order valence-electron chi connectivity index (χ4n) is 2.40. The summed E-state index contributed by atoms with van der Waals surface area (Å²) in [5, 5.41) is 18.8. The smallest absolute Gasteiger partial charge is 0.193 e. The molecular weight excluding hydrogens is 300 g/mol. The quantitative estimate of drug-likeness (QED) is 0.422. The Kier molecular flexibility index (Phi) is 4.43. The highest BCUT2D eigenvalue weighted by Crippen LogP contribution is 2.24. The van der Waals surface area contributed by atoms with E-state index in [9.17, 15) is 15.0 Å². The number of allylic oxidation sites excluding steroid dienone is 1. The first-order valence-electron chi connectivity index (χ1n) is 7.53. The number of carbonyl (C=O) groups excluding carboxylic acids is 1. The van der Waals surface area contributed by atoms with Gasteiger partial charge in [-0.2, -0.15) is 0 Å². The van der Waals surface area contributed by atoms with Crippen molar-refractivity contribution in [3.8, 4) is 11.5 Å². The van der Waals surface area contributed by atoms with Crippen molar-refractivity contribution >= 4 is 17.4 Å². The maximum Gasteiger partial charge on any atom is 0.193 e. The molecule has 3 rings (SSSR count). The van der Waals surface area contributed by atoms with E-state index in [-0.39, 0.29) is 17.3 Å². The van der Waals surface area contributed by atoms with E-state index in [1.54, 1.807) is 42.5 Å². The van der Waals surface area contributed by atoms with Crippen molar-refractivity contribution < 1.29 is 15.0 Å². The molecule has 0 aliphatic carbocycles. The molecular formula is C21H16O3. The molecule has 0 aliphatic rings. The molecule has 3 nitrogen and oxygen atoms in total. The SMILES string of the molecule is O=C(/C(=C/c1ccc(O)cc1)c1ccccc1)c1ccc(O)cc1. The zero-order valence-electron chi connectivity index (χ0n) is 12.9. The van der Waals surface area contributed by atoms with Gasteiger partial charge in [-0.05, 0) is 53.6 Å². The summed E-state index contributed by atoms with van der Waals surface area (Å²) in [6.45, 7) is 0. The molecule has 3 aromatic carbocycles. The highest BCUT2D eigenvalue weighted by Gasteiger charge is 2.14. The zero-order valence-corrected chi connectivity index (χ0v) is 12.9. The summed E-state index contributed by atoms with van der Waals surface area (Å²) in [4.78, 5) is 12.9. The third-order valence-electron chi connectivity index (χ3n) is 3.66. The van der Waals surface area contributed by atoms with E-state index in [1.807, 2.05) is 30.3 Å². The molecule has 0 saturated carbocycles. The summed E-state index contributed by atoms with van der Waals surface area (Å²) < 4.78 is 0. The van der Waals surface area contributed by atoms with E-state index in [0.29, 0.717) is 11.1 Å². The van der Waals surface area contributed by atoms with Gasteiger partial charge in [-0.15, -0.1) is 0 Å². The van der Waals surface area contributed by atoms with E-state index in [1.165, 1.54) is 12.1 Å². The van der Waals surface area contributed by atoms with Crippen molar-refractivity contribution in [3.63, 3.8) is 0 Å². The van der Waals surface area contributed by atoms with E-state index < -0.39 is 0 Å². The first-order valence-corrected chi connectivity index (χ1v) is 7.53. The second kappa shape index (κ2) is 6.84. The summed E-state index contributed by atoms with van der Waals surface area (Å²) in [5.41, 5.74) is 2.68. The molecule has 0 saturated heterocycles. The normalized spacial score (nSPS) is 11.2. The molecule has 0 unspecified atom stereocenters. The number of aromatic hydroxyl groups is 2. The summed E-state index contributed by atoms with van der Waals surface area (Å²) >= 11 is 0. The Labute approximate surface area is 140 Å². The van der Waals surface area contributed by atoms with E-state index in [4.69, 9.17) is 0 Å². The van der Waals surface area contributed by atoms with Crippen LogP contribution in [0.2, 0.25) is 0 Å². The number of carbonyl (C=O) groups is 1. The molecule has 0 atom stereocenters. The van der Waals surface area contributed by atoms with E-state index >= 15 is 0 Å². The number of Topliss-reactive ketones (excluding diaryl/α,β-unsaturated/α-hetero) is 1. The average Bonchev–Trinajstić information content (AvgIpc) is 2.62. The van der Waals surface area contributed by atoms with Gasteiger partial charge in [-0.25, -0.2) is 0 Å². The van der Waals surface area contributed by atoms with Crippen molar-refractivity contribution in [1.82, 2.24) is 0 Å².